The smallest absolute Gasteiger partial charge is 0.190 e. The van der Waals surface area contributed by atoms with Gasteiger partial charge in [0.1, 0.15) is 0 Å². The van der Waals surface area contributed by atoms with Crippen LogP contribution in [0.15, 0.2) is 24.3 Å². The number of ether oxygens (including phenoxy) is 1. The molecule has 0 saturated carbocycles. The Hall–Kier alpha value is -2.34. The maximum absolute atomic E-state index is 13.8. The highest BCUT2D eigenvalue weighted by atomic mass is 19.1. The molecular weight excluding hydrogens is 304 g/mol. The van der Waals surface area contributed by atoms with E-state index in [1.165, 1.54) is 31.4 Å². The fraction of sp³-hybridized carbons (Fsp3) is 0.294. The first-order valence-corrected chi connectivity index (χ1v) is 7.29. The number of phenols is 2. The van der Waals surface area contributed by atoms with Crippen molar-refractivity contribution in [1.82, 2.24) is 5.32 Å². The molecule has 0 unspecified atom stereocenters. The Morgan fingerprint density at radius 1 is 1.13 bits per heavy atom. The summed E-state index contributed by atoms with van der Waals surface area (Å²) in [4.78, 5) is 0. The van der Waals surface area contributed by atoms with Crippen LogP contribution in [-0.4, -0.2) is 23.9 Å². The van der Waals surface area contributed by atoms with Crippen molar-refractivity contribution < 1.29 is 23.7 Å². The molecule has 3 N–H and O–H groups in total. The number of nitrogens with one attached hydrogen (secondary N) is 1. The van der Waals surface area contributed by atoms with Crippen LogP contribution in [0.5, 0.6) is 17.2 Å². The lowest BCUT2D eigenvalue weighted by Crippen LogP contribution is -2.31. The number of fused-ring (bicyclic) bond motifs is 1. The van der Waals surface area contributed by atoms with Crippen molar-refractivity contribution in [2.45, 2.75) is 18.9 Å². The van der Waals surface area contributed by atoms with E-state index >= 15 is 0 Å². The van der Waals surface area contributed by atoms with E-state index in [0.29, 0.717) is 24.9 Å². The Balaban J connectivity index is 1.92. The maximum atomic E-state index is 13.8. The molecule has 4 nitrogen and oxygen atoms in total. The van der Waals surface area contributed by atoms with Crippen LogP contribution in [0.4, 0.5) is 8.78 Å². The highest BCUT2D eigenvalue weighted by Crippen LogP contribution is 2.35. The third-order valence-electron chi connectivity index (χ3n) is 4.10. The zero-order chi connectivity index (χ0) is 16.6. The number of hydrogen-bond donors (Lipinski definition) is 3. The van der Waals surface area contributed by atoms with E-state index in [1.807, 2.05) is 0 Å². The van der Waals surface area contributed by atoms with Crippen molar-refractivity contribution in [3.8, 4) is 17.2 Å². The lowest BCUT2D eigenvalue weighted by atomic mass is 9.90. The number of halogens is 2. The first-order valence-electron chi connectivity index (χ1n) is 7.29. The Bertz CT molecular complexity index is 726. The lowest BCUT2D eigenvalue weighted by Gasteiger charge is -2.27. The molecule has 0 fully saturated rings. The molecule has 0 aromatic heterocycles. The fourth-order valence-electron chi connectivity index (χ4n) is 3.01. The monoisotopic (exact) mass is 321 g/mol. The molecule has 0 bridgehead atoms. The average molecular weight is 321 g/mol. The maximum Gasteiger partial charge on any atom is 0.190 e. The standard InChI is InChI=1S/C17H17F2NO3/c1-23-17-12(18)4-9(5-13(17)19)6-14-11-8-16(22)15(21)7-10(11)2-3-20-14/h4-5,7-8,14,20-22H,2-3,6H2,1H3/t14-/m1/s1. The minimum absolute atomic E-state index is 0.161. The van der Waals surface area contributed by atoms with Crippen LogP contribution in [0, 0.1) is 11.6 Å². The molecule has 1 aliphatic heterocycles. The summed E-state index contributed by atoms with van der Waals surface area (Å²) in [5.74, 6) is -2.25. The Kier molecular flexibility index (Phi) is 4.09. The van der Waals surface area contributed by atoms with Gasteiger partial charge in [-0.2, -0.15) is 0 Å². The van der Waals surface area contributed by atoms with Crippen molar-refractivity contribution >= 4 is 0 Å². The molecule has 1 atom stereocenters. The van der Waals surface area contributed by atoms with Crippen molar-refractivity contribution in [3.05, 3.63) is 52.6 Å². The Morgan fingerprint density at radius 2 is 1.78 bits per heavy atom. The molecule has 23 heavy (non-hydrogen) atoms. The molecule has 0 spiro atoms. The van der Waals surface area contributed by atoms with E-state index < -0.39 is 17.4 Å². The zero-order valence-corrected chi connectivity index (χ0v) is 12.6. The van der Waals surface area contributed by atoms with Crippen LogP contribution >= 0.6 is 0 Å². The third-order valence-corrected chi connectivity index (χ3v) is 4.10. The molecule has 2 aromatic carbocycles. The van der Waals surface area contributed by atoms with E-state index in [1.54, 1.807) is 0 Å². The predicted octanol–water partition coefficient (Wildman–Crippen LogP) is 2.81. The molecule has 0 saturated heterocycles. The SMILES string of the molecule is COc1c(F)cc(C[C@H]2NCCc3cc(O)c(O)cc32)cc1F. The zero-order valence-electron chi connectivity index (χ0n) is 12.6. The third kappa shape index (κ3) is 2.94. The first-order chi connectivity index (χ1) is 11.0. The molecule has 0 aliphatic carbocycles. The number of methoxy groups -OCH3 is 1. The van der Waals surface area contributed by atoms with Crippen LogP contribution in [0.1, 0.15) is 22.7 Å². The molecular formula is C17H17F2NO3. The topological polar surface area (TPSA) is 61.7 Å². The van der Waals surface area contributed by atoms with Gasteiger partial charge in [0.15, 0.2) is 28.9 Å². The van der Waals surface area contributed by atoms with Crippen LogP contribution in [0.2, 0.25) is 0 Å². The van der Waals surface area contributed by atoms with Gasteiger partial charge in [-0.15, -0.1) is 0 Å². The molecule has 122 valence electrons. The predicted molar refractivity (Wildman–Crippen MR) is 80.8 cm³/mol. The first kappa shape index (κ1) is 15.6. The molecule has 3 rings (SSSR count). The fourth-order valence-corrected chi connectivity index (χ4v) is 3.01. The van der Waals surface area contributed by atoms with Gasteiger partial charge in [-0.05, 0) is 60.3 Å². The van der Waals surface area contributed by atoms with Gasteiger partial charge in [0, 0.05) is 6.04 Å². The van der Waals surface area contributed by atoms with Crippen LogP contribution in [-0.2, 0) is 12.8 Å². The summed E-state index contributed by atoms with van der Waals surface area (Å²) in [5, 5.41) is 22.6. The number of benzene rings is 2. The van der Waals surface area contributed by atoms with Crippen molar-refractivity contribution in [1.29, 1.82) is 0 Å². The van der Waals surface area contributed by atoms with E-state index in [4.69, 9.17) is 0 Å². The molecule has 1 heterocycles. The highest BCUT2D eigenvalue weighted by molar-refractivity contribution is 5.48. The van der Waals surface area contributed by atoms with E-state index in [9.17, 15) is 19.0 Å². The second kappa shape index (κ2) is 6.04. The molecule has 1 aliphatic rings. The summed E-state index contributed by atoms with van der Waals surface area (Å²) in [7, 11) is 1.22. The van der Waals surface area contributed by atoms with Gasteiger partial charge < -0.3 is 20.3 Å². The van der Waals surface area contributed by atoms with Gasteiger partial charge in [-0.25, -0.2) is 8.78 Å². The number of rotatable bonds is 3. The summed E-state index contributed by atoms with van der Waals surface area (Å²) >= 11 is 0. The summed E-state index contributed by atoms with van der Waals surface area (Å²) in [6.07, 6.45) is 1.07. The summed E-state index contributed by atoms with van der Waals surface area (Å²) in [6.45, 7) is 0.684. The number of hydrogen-bond acceptors (Lipinski definition) is 4. The average Bonchev–Trinajstić information content (AvgIpc) is 2.49. The Labute approximate surface area is 132 Å². The normalized spacial score (nSPS) is 16.9. The van der Waals surface area contributed by atoms with E-state index in [0.717, 1.165) is 11.1 Å². The largest absolute Gasteiger partial charge is 0.504 e. The van der Waals surface area contributed by atoms with Crippen molar-refractivity contribution in [2.24, 2.45) is 0 Å². The van der Waals surface area contributed by atoms with Gasteiger partial charge in [0.05, 0.1) is 7.11 Å². The molecule has 2 aromatic rings. The number of aromatic hydroxyl groups is 2. The minimum atomic E-state index is -0.743. The van der Waals surface area contributed by atoms with Gasteiger partial charge >= 0.3 is 0 Å². The minimum Gasteiger partial charge on any atom is -0.504 e. The van der Waals surface area contributed by atoms with Crippen molar-refractivity contribution in [3.63, 3.8) is 0 Å². The van der Waals surface area contributed by atoms with Gasteiger partial charge in [0.2, 0.25) is 0 Å². The van der Waals surface area contributed by atoms with E-state index in [2.05, 4.69) is 10.1 Å². The van der Waals surface area contributed by atoms with Crippen LogP contribution < -0.4 is 10.1 Å². The van der Waals surface area contributed by atoms with Gasteiger partial charge in [-0.1, -0.05) is 0 Å². The number of phenolic OH excluding ortho intramolecular Hbond substituents is 2. The summed E-state index contributed by atoms with van der Waals surface area (Å²) < 4.78 is 32.3. The van der Waals surface area contributed by atoms with Gasteiger partial charge in [-0.3, -0.25) is 0 Å². The Morgan fingerprint density at radius 3 is 2.43 bits per heavy atom. The summed E-state index contributed by atoms with van der Waals surface area (Å²) in [6, 6.07) is 5.33. The molecule has 6 heteroatoms. The highest BCUT2D eigenvalue weighted by Gasteiger charge is 2.23. The van der Waals surface area contributed by atoms with E-state index in [-0.39, 0.29) is 17.5 Å². The van der Waals surface area contributed by atoms with Gasteiger partial charge in [0.25, 0.3) is 0 Å². The molecule has 0 radical (unpaired) electrons. The van der Waals surface area contributed by atoms with Crippen molar-refractivity contribution in [2.75, 3.05) is 13.7 Å². The lowest BCUT2D eigenvalue weighted by molar-refractivity contribution is 0.358. The summed E-state index contributed by atoms with van der Waals surface area (Å²) in [5.41, 5.74) is 2.22. The second-order valence-electron chi connectivity index (χ2n) is 5.59. The second-order valence-corrected chi connectivity index (χ2v) is 5.59. The molecule has 0 amide bonds. The quantitative estimate of drug-likeness (QED) is 0.761. The van der Waals surface area contributed by atoms with Crippen LogP contribution in [0.25, 0.3) is 0 Å². The van der Waals surface area contributed by atoms with Crippen LogP contribution in [0.3, 0.4) is 0 Å².